The van der Waals surface area contributed by atoms with Gasteiger partial charge in [0.1, 0.15) is 10.7 Å². The van der Waals surface area contributed by atoms with Gasteiger partial charge in [-0.2, -0.15) is 5.10 Å². The van der Waals surface area contributed by atoms with Crippen molar-refractivity contribution in [2.45, 2.75) is 52.2 Å². The van der Waals surface area contributed by atoms with Gasteiger partial charge in [0, 0.05) is 29.7 Å². The predicted octanol–water partition coefficient (Wildman–Crippen LogP) is 4.68. The number of amides is 1. The zero-order chi connectivity index (χ0) is 24.6. The Labute approximate surface area is 207 Å². The van der Waals surface area contributed by atoms with Crippen LogP contribution in [0.1, 0.15) is 40.1 Å². The molecule has 0 bridgehead atoms. The second-order valence-corrected chi connectivity index (χ2v) is 11.1. The second kappa shape index (κ2) is 9.76. The number of nitrogens with one attached hydrogen (secondary N) is 1. The van der Waals surface area contributed by atoms with Crippen LogP contribution in [-0.2, 0) is 17.1 Å². The summed E-state index contributed by atoms with van der Waals surface area (Å²) in [6.45, 7) is 10.3. The molecule has 4 rings (SSSR count). The summed E-state index contributed by atoms with van der Waals surface area (Å²) in [6.07, 6.45) is 0. The molecule has 3 aromatic heterocycles. The molecule has 0 fully saturated rings. The Morgan fingerprint density at radius 3 is 2.62 bits per heavy atom. The molecule has 1 aromatic carbocycles. The van der Waals surface area contributed by atoms with Crippen molar-refractivity contribution >= 4 is 39.2 Å². The molecule has 1 amide bonds. The number of carbonyl (C=O) groups is 1. The first kappa shape index (κ1) is 24.2. The molecule has 34 heavy (non-hydrogen) atoms. The number of aromatic nitrogens is 4. The Balaban J connectivity index is 1.43. The first-order valence-corrected chi connectivity index (χ1v) is 13.0. The lowest BCUT2D eigenvalue weighted by molar-refractivity contribution is -0.129. The van der Waals surface area contributed by atoms with E-state index in [0.29, 0.717) is 23.5 Å². The molecule has 0 aliphatic rings. The first-order chi connectivity index (χ1) is 16.2. The SMILES string of the molecule is Cc1nn(-c2ccccc2)c(C)c1CN(C)C(=O)C(C)SCc1nc2sc(C)c(C)c2c(=O)[nH]1. The van der Waals surface area contributed by atoms with Crippen molar-refractivity contribution in [1.82, 2.24) is 24.6 Å². The molecular weight excluding hydrogens is 466 g/mol. The zero-order valence-electron chi connectivity index (χ0n) is 20.3. The third-order valence-corrected chi connectivity index (χ3v) is 8.36. The summed E-state index contributed by atoms with van der Waals surface area (Å²) in [5.41, 5.74) is 4.87. The molecule has 0 saturated carbocycles. The first-order valence-electron chi connectivity index (χ1n) is 11.1. The molecule has 0 spiro atoms. The fraction of sp³-hybridized carbons (Fsp3) is 0.360. The van der Waals surface area contributed by atoms with E-state index in [1.165, 1.54) is 23.1 Å². The number of fused-ring (bicyclic) bond motifs is 1. The van der Waals surface area contributed by atoms with Crippen molar-refractivity contribution in [3.63, 3.8) is 0 Å². The molecule has 0 saturated heterocycles. The van der Waals surface area contributed by atoms with E-state index in [0.717, 1.165) is 37.9 Å². The third-order valence-electron chi connectivity index (χ3n) is 6.12. The van der Waals surface area contributed by atoms with E-state index in [1.54, 1.807) is 4.90 Å². The standard InChI is InChI=1S/C25H29N5O2S2/c1-14-17(4)34-24-22(14)23(31)26-21(27-24)13-33-18(5)25(32)29(6)12-20-15(2)28-30(16(20)3)19-10-8-7-9-11-19/h7-11,18H,12-13H2,1-6H3,(H,26,27,31). The van der Waals surface area contributed by atoms with Crippen LogP contribution >= 0.6 is 23.1 Å². The van der Waals surface area contributed by atoms with Crippen molar-refractivity contribution in [3.8, 4) is 5.69 Å². The highest BCUT2D eigenvalue weighted by Crippen LogP contribution is 2.27. The van der Waals surface area contributed by atoms with Crippen LogP contribution in [0, 0.1) is 27.7 Å². The maximum atomic E-state index is 13.1. The highest BCUT2D eigenvalue weighted by atomic mass is 32.2. The Kier molecular flexibility index (Phi) is 6.95. The minimum absolute atomic E-state index is 0.0301. The smallest absolute Gasteiger partial charge is 0.259 e. The van der Waals surface area contributed by atoms with Crippen LogP contribution in [0.15, 0.2) is 35.1 Å². The van der Waals surface area contributed by atoms with Crippen LogP contribution in [0.5, 0.6) is 0 Å². The van der Waals surface area contributed by atoms with E-state index in [-0.39, 0.29) is 16.7 Å². The maximum absolute atomic E-state index is 13.1. The van der Waals surface area contributed by atoms with Gasteiger partial charge >= 0.3 is 0 Å². The predicted molar refractivity (Wildman–Crippen MR) is 140 cm³/mol. The molecule has 0 aliphatic heterocycles. The molecular formula is C25H29N5O2S2. The maximum Gasteiger partial charge on any atom is 0.259 e. The fourth-order valence-electron chi connectivity index (χ4n) is 3.99. The summed E-state index contributed by atoms with van der Waals surface area (Å²) in [4.78, 5) is 36.7. The van der Waals surface area contributed by atoms with Gasteiger partial charge in [0.25, 0.3) is 5.56 Å². The lowest BCUT2D eigenvalue weighted by Crippen LogP contribution is -2.33. The van der Waals surface area contributed by atoms with Gasteiger partial charge in [0.2, 0.25) is 5.91 Å². The van der Waals surface area contributed by atoms with Gasteiger partial charge in [-0.3, -0.25) is 9.59 Å². The molecule has 178 valence electrons. The summed E-state index contributed by atoms with van der Waals surface area (Å²) in [5.74, 6) is 1.09. The van der Waals surface area contributed by atoms with Crippen LogP contribution in [0.2, 0.25) is 0 Å². The molecule has 0 radical (unpaired) electrons. The van der Waals surface area contributed by atoms with Crippen LogP contribution in [0.4, 0.5) is 0 Å². The van der Waals surface area contributed by atoms with Crippen LogP contribution < -0.4 is 5.56 Å². The number of para-hydroxylation sites is 1. The Bertz CT molecular complexity index is 1400. The van der Waals surface area contributed by atoms with Gasteiger partial charge in [-0.05, 0) is 52.3 Å². The zero-order valence-corrected chi connectivity index (χ0v) is 21.9. The fourth-order valence-corrected chi connectivity index (χ4v) is 5.91. The molecule has 1 atom stereocenters. The number of rotatable bonds is 7. The van der Waals surface area contributed by atoms with Gasteiger partial charge in [0.15, 0.2) is 0 Å². The Morgan fingerprint density at radius 1 is 1.21 bits per heavy atom. The number of thiophene rings is 1. The van der Waals surface area contributed by atoms with E-state index in [4.69, 9.17) is 0 Å². The number of carbonyl (C=O) groups excluding carboxylic acids is 1. The van der Waals surface area contributed by atoms with Gasteiger partial charge in [0.05, 0.1) is 27.8 Å². The molecule has 0 aliphatic carbocycles. The van der Waals surface area contributed by atoms with Gasteiger partial charge < -0.3 is 9.88 Å². The monoisotopic (exact) mass is 495 g/mol. The van der Waals surface area contributed by atoms with Gasteiger partial charge in [-0.1, -0.05) is 18.2 Å². The molecule has 9 heteroatoms. The van der Waals surface area contributed by atoms with Crippen molar-refractivity contribution in [2.24, 2.45) is 0 Å². The lowest BCUT2D eigenvalue weighted by atomic mass is 10.2. The van der Waals surface area contributed by atoms with Crippen LogP contribution in [0.25, 0.3) is 15.9 Å². The number of H-pyrrole nitrogens is 1. The summed E-state index contributed by atoms with van der Waals surface area (Å²) >= 11 is 3.01. The van der Waals surface area contributed by atoms with Crippen molar-refractivity contribution in [3.05, 3.63) is 73.9 Å². The largest absolute Gasteiger partial charge is 0.340 e. The summed E-state index contributed by atoms with van der Waals surface area (Å²) in [7, 11) is 1.82. The van der Waals surface area contributed by atoms with Gasteiger partial charge in [-0.15, -0.1) is 23.1 Å². The average Bonchev–Trinajstić information content (AvgIpc) is 3.27. The quantitative estimate of drug-likeness (QED) is 0.402. The number of nitrogens with zero attached hydrogens (tertiary/aromatic N) is 4. The average molecular weight is 496 g/mol. The van der Waals surface area contributed by atoms with E-state index in [2.05, 4.69) is 15.1 Å². The lowest BCUT2D eigenvalue weighted by Gasteiger charge is -2.21. The summed E-state index contributed by atoms with van der Waals surface area (Å²) < 4.78 is 1.92. The number of thioether (sulfide) groups is 1. The normalized spacial score (nSPS) is 12.3. The Hall–Kier alpha value is -2.91. The number of aromatic amines is 1. The van der Waals surface area contributed by atoms with E-state index in [9.17, 15) is 9.59 Å². The summed E-state index contributed by atoms with van der Waals surface area (Å²) in [6, 6.07) is 9.99. The van der Waals surface area contributed by atoms with Crippen LogP contribution in [0.3, 0.4) is 0 Å². The molecule has 7 nitrogen and oxygen atoms in total. The van der Waals surface area contributed by atoms with E-state index < -0.39 is 0 Å². The van der Waals surface area contributed by atoms with Gasteiger partial charge in [-0.25, -0.2) is 9.67 Å². The molecule has 1 N–H and O–H groups in total. The van der Waals surface area contributed by atoms with Crippen LogP contribution in [-0.4, -0.2) is 42.9 Å². The van der Waals surface area contributed by atoms with Crippen molar-refractivity contribution in [1.29, 1.82) is 0 Å². The molecule has 3 heterocycles. The minimum Gasteiger partial charge on any atom is -0.340 e. The molecule has 1 unspecified atom stereocenters. The van der Waals surface area contributed by atoms with Crippen molar-refractivity contribution in [2.75, 3.05) is 7.05 Å². The topological polar surface area (TPSA) is 83.9 Å². The number of hydrogen-bond acceptors (Lipinski definition) is 6. The van der Waals surface area contributed by atoms with Crippen molar-refractivity contribution < 1.29 is 4.79 Å². The number of aryl methyl sites for hydroxylation is 3. The summed E-state index contributed by atoms with van der Waals surface area (Å²) in [5, 5.41) is 5.08. The minimum atomic E-state index is -0.275. The van der Waals surface area contributed by atoms with E-state index >= 15 is 0 Å². The highest BCUT2D eigenvalue weighted by molar-refractivity contribution is 7.99. The second-order valence-electron chi connectivity index (χ2n) is 8.52. The molecule has 4 aromatic rings. The highest BCUT2D eigenvalue weighted by Gasteiger charge is 2.22. The third kappa shape index (κ3) is 4.67. The Morgan fingerprint density at radius 2 is 1.91 bits per heavy atom. The van der Waals surface area contributed by atoms with E-state index in [1.807, 2.05) is 76.7 Å². The number of benzene rings is 1. The number of hydrogen-bond donors (Lipinski definition) is 1.